The van der Waals surface area contributed by atoms with Crippen molar-refractivity contribution in [3.63, 3.8) is 0 Å². The number of aromatic nitrogens is 1. The van der Waals surface area contributed by atoms with Gasteiger partial charge in [0.2, 0.25) is 0 Å². The van der Waals surface area contributed by atoms with Crippen LogP contribution >= 0.6 is 12.2 Å². The largest absolute Gasteiger partial charge is 0.388 e. The molecule has 0 amide bonds. The number of nitrogens with two attached hydrogens (primary N) is 1. The Morgan fingerprint density at radius 1 is 1.24 bits per heavy atom. The van der Waals surface area contributed by atoms with Crippen molar-refractivity contribution in [1.82, 2.24) is 4.98 Å². The summed E-state index contributed by atoms with van der Waals surface area (Å²) >= 11 is 4.85. The van der Waals surface area contributed by atoms with Crippen molar-refractivity contribution in [2.45, 2.75) is 6.92 Å². The summed E-state index contributed by atoms with van der Waals surface area (Å²) in [6.45, 7) is 2.05. The van der Waals surface area contributed by atoms with E-state index >= 15 is 0 Å². The summed E-state index contributed by atoms with van der Waals surface area (Å²) in [5.74, 6) is 0. The zero-order valence-electron chi connectivity index (χ0n) is 9.47. The maximum absolute atomic E-state index is 5.48. The number of hydrogen-bond donors (Lipinski definition) is 2. The van der Waals surface area contributed by atoms with Crippen LogP contribution in [0.15, 0.2) is 42.6 Å². The summed E-state index contributed by atoms with van der Waals surface area (Å²) in [4.78, 5) is 4.48. The minimum Gasteiger partial charge on any atom is -0.388 e. The number of pyridine rings is 1. The smallest absolute Gasteiger partial charge is 0.122 e. The van der Waals surface area contributed by atoms with Crippen molar-refractivity contribution in [2.75, 3.05) is 5.32 Å². The molecule has 2 rings (SSSR count). The number of benzene rings is 1. The molecule has 3 N–H and O–H groups in total. The molecule has 0 aliphatic heterocycles. The molecule has 3 nitrogen and oxygen atoms in total. The lowest BCUT2D eigenvalue weighted by Crippen LogP contribution is -2.11. The van der Waals surface area contributed by atoms with Gasteiger partial charge in [0.05, 0.1) is 17.6 Å². The van der Waals surface area contributed by atoms with Crippen LogP contribution in [0, 0.1) is 6.92 Å². The molecule has 0 radical (unpaired) electrons. The molecule has 0 bridgehead atoms. The topological polar surface area (TPSA) is 50.9 Å². The third-order valence-corrected chi connectivity index (χ3v) is 2.53. The average Bonchev–Trinajstić information content (AvgIpc) is 2.29. The number of rotatable bonds is 3. The van der Waals surface area contributed by atoms with Gasteiger partial charge in [-0.25, -0.2) is 0 Å². The third-order valence-electron chi connectivity index (χ3n) is 2.32. The Labute approximate surface area is 106 Å². The molecule has 0 saturated heterocycles. The highest BCUT2D eigenvalue weighted by Crippen LogP contribution is 2.16. The van der Waals surface area contributed by atoms with Crippen LogP contribution < -0.4 is 11.1 Å². The molecule has 0 aliphatic rings. The number of hydrogen-bond acceptors (Lipinski definition) is 3. The fourth-order valence-corrected chi connectivity index (χ4v) is 1.62. The molecule has 1 heterocycles. The van der Waals surface area contributed by atoms with Crippen molar-refractivity contribution in [3.05, 3.63) is 53.9 Å². The molecule has 0 atom stereocenters. The van der Waals surface area contributed by atoms with Crippen LogP contribution in [0.3, 0.4) is 0 Å². The maximum Gasteiger partial charge on any atom is 0.122 e. The second-order valence-corrected chi connectivity index (χ2v) is 4.23. The first-order valence-corrected chi connectivity index (χ1v) is 5.65. The standard InChI is InChI=1S/C13H13N3S/c1-9-3-2-4-10(7-9)16-11-5-6-12(13(14)17)15-8-11/h2-8,16H,1H3,(H2,14,17). The summed E-state index contributed by atoms with van der Waals surface area (Å²) in [6, 6.07) is 11.9. The normalized spacial score (nSPS) is 9.94. The highest BCUT2D eigenvalue weighted by Gasteiger charge is 1.99. The quantitative estimate of drug-likeness (QED) is 0.814. The Bertz CT molecular complexity index is 535. The molecule has 0 aliphatic carbocycles. The van der Waals surface area contributed by atoms with Crippen molar-refractivity contribution < 1.29 is 0 Å². The van der Waals surface area contributed by atoms with E-state index in [0.29, 0.717) is 10.7 Å². The number of thiocarbonyl (C=S) groups is 1. The van der Waals surface area contributed by atoms with Crippen LogP contribution in [0.1, 0.15) is 11.3 Å². The van der Waals surface area contributed by atoms with Crippen molar-refractivity contribution in [3.8, 4) is 0 Å². The fourth-order valence-electron chi connectivity index (χ4n) is 1.50. The number of aryl methyl sites for hydroxylation is 1. The number of anilines is 2. The van der Waals surface area contributed by atoms with E-state index in [1.165, 1.54) is 5.56 Å². The molecule has 0 fully saturated rings. The number of nitrogens with one attached hydrogen (secondary N) is 1. The first kappa shape index (κ1) is 11.5. The molecule has 17 heavy (non-hydrogen) atoms. The second-order valence-electron chi connectivity index (χ2n) is 3.79. The SMILES string of the molecule is Cc1cccc(Nc2ccc(C(N)=S)nc2)c1. The molecule has 1 aromatic heterocycles. The van der Waals surface area contributed by atoms with E-state index in [1.54, 1.807) is 12.3 Å². The van der Waals surface area contributed by atoms with Crippen LogP contribution in [0.2, 0.25) is 0 Å². The Hall–Kier alpha value is -1.94. The Kier molecular flexibility index (Phi) is 3.35. The van der Waals surface area contributed by atoms with E-state index in [4.69, 9.17) is 18.0 Å². The summed E-state index contributed by atoms with van der Waals surface area (Å²) in [6.07, 6.45) is 1.72. The molecular formula is C13H13N3S. The predicted octanol–water partition coefficient (Wildman–Crippen LogP) is 2.77. The molecule has 2 aromatic rings. The average molecular weight is 243 g/mol. The monoisotopic (exact) mass is 243 g/mol. The molecule has 86 valence electrons. The number of nitrogens with zero attached hydrogens (tertiary/aromatic N) is 1. The van der Waals surface area contributed by atoms with Gasteiger partial charge in [-0.15, -0.1) is 0 Å². The highest BCUT2D eigenvalue weighted by molar-refractivity contribution is 7.80. The minimum absolute atomic E-state index is 0.312. The zero-order valence-corrected chi connectivity index (χ0v) is 10.3. The van der Waals surface area contributed by atoms with Crippen molar-refractivity contribution in [2.24, 2.45) is 5.73 Å². The van der Waals surface area contributed by atoms with Gasteiger partial charge in [-0.3, -0.25) is 4.98 Å². The van der Waals surface area contributed by atoms with Gasteiger partial charge in [-0.2, -0.15) is 0 Å². The van der Waals surface area contributed by atoms with Crippen LogP contribution in [-0.4, -0.2) is 9.97 Å². The molecule has 0 spiro atoms. The molecular weight excluding hydrogens is 230 g/mol. The summed E-state index contributed by atoms with van der Waals surface area (Å²) in [5.41, 5.74) is 9.28. The predicted molar refractivity (Wildman–Crippen MR) is 74.6 cm³/mol. The van der Waals surface area contributed by atoms with E-state index in [1.807, 2.05) is 18.2 Å². The lowest BCUT2D eigenvalue weighted by atomic mass is 10.2. The van der Waals surface area contributed by atoms with E-state index in [2.05, 4.69) is 29.4 Å². The summed E-state index contributed by atoms with van der Waals surface area (Å²) in [7, 11) is 0. The summed E-state index contributed by atoms with van der Waals surface area (Å²) < 4.78 is 0. The maximum atomic E-state index is 5.48. The molecule has 4 heteroatoms. The Balaban J connectivity index is 2.16. The van der Waals surface area contributed by atoms with Crippen LogP contribution in [0.4, 0.5) is 11.4 Å². The van der Waals surface area contributed by atoms with Crippen LogP contribution in [0.5, 0.6) is 0 Å². The van der Waals surface area contributed by atoms with Gasteiger partial charge in [0.25, 0.3) is 0 Å². The lowest BCUT2D eigenvalue weighted by Gasteiger charge is -2.07. The van der Waals surface area contributed by atoms with Gasteiger partial charge < -0.3 is 11.1 Å². The van der Waals surface area contributed by atoms with E-state index in [0.717, 1.165) is 11.4 Å². The molecule has 1 aromatic carbocycles. The van der Waals surface area contributed by atoms with Gasteiger partial charge in [-0.1, -0.05) is 24.4 Å². The van der Waals surface area contributed by atoms with E-state index in [9.17, 15) is 0 Å². The van der Waals surface area contributed by atoms with Gasteiger partial charge >= 0.3 is 0 Å². The lowest BCUT2D eigenvalue weighted by molar-refractivity contribution is 1.29. The van der Waals surface area contributed by atoms with Gasteiger partial charge in [0.1, 0.15) is 4.99 Å². The first-order chi connectivity index (χ1) is 8.15. The Morgan fingerprint density at radius 2 is 2.06 bits per heavy atom. The molecule has 0 unspecified atom stereocenters. The van der Waals surface area contributed by atoms with Crippen LogP contribution in [0.25, 0.3) is 0 Å². The van der Waals surface area contributed by atoms with Gasteiger partial charge in [-0.05, 0) is 36.8 Å². The van der Waals surface area contributed by atoms with Crippen LogP contribution in [-0.2, 0) is 0 Å². The summed E-state index contributed by atoms with van der Waals surface area (Å²) in [5, 5.41) is 3.26. The highest BCUT2D eigenvalue weighted by atomic mass is 32.1. The molecule has 0 saturated carbocycles. The van der Waals surface area contributed by atoms with E-state index in [-0.39, 0.29) is 0 Å². The second kappa shape index (κ2) is 4.93. The van der Waals surface area contributed by atoms with Gasteiger partial charge in [0, 0.05) is 5.69 Å². The van der Waals surface area contributed by atoms with Gasteiger partial charge in [0.15, 0.2) is 0 Å². The fraction of sp³-hybridized carbons (Fsp3) is 0.0769. The minimum atomic E-state index is 0.312. The third kappa shape index (κ3) is 3.01. The van der Waals surface area contributed by atoms with Crippen molar-refractivity contribution >= 4 is 28.6 Å². The zero-order chi connectivity index (χ0) is 12.3. The van der Waals surface area contributed by atoms with Crippen molar-refractivity contribution in [1.29, 1.82) is 0 Å². The van der Waals surface area contributed by atoms with E-state index < -0.39 is 0 Å². The first-order valence-electron chi connectivity index (χ1n) is 5.25. The Morgan fingerprint density at radius 3 is 2.65 bits per heavy atom.